The molecule has 1 aliphatic heterocycles. The largest absolute Gasteiger partial charge is 0.378 e. The summed E-state index contributed by atoms with van der Waals surface area (Å²) in [7, 11) is -3.52. The highest BCUT2D eigenvalue weighted by Crippen LogP contribution is 2.29. The highest BCUT2D eigenvalue weighted by molar-refractivity contribution is 7.89. The van der Waals surface area contributed by atoms with Gasteiger partial charge in [0.15, 0.2) is 0 Å². The summed E-state index contributed by atoms with van der Waals surface area (Å²) in [5.74, 6) is 0.612. The topological polar surface area (TPSA) is 94.8 Å². The number of aromatic nitrogens is 2. The summed E-state index contributed by atoms with van der Waals surface area (Å²) in [5, 5.41) is 5.88. The van der Waals surface area contributed by atoms with Crippen molar-refractivity contribution in [3.63, 3.8) is 0 Å². The van der Waals surface area contributed by atoms with Crippen molar-refractivity contribution in [3.8, 4) is 10.7 Å². The fourth-order valence-corrected chi connectivity index (χ4v) is 4.58. The van der Waals surface area contributed by atoms with Crippen LogP contribution >= 0.6 is 11.3 Å². The van der Waals surface area contributed by atoms with Crippen molar-refractivity contribution >= 4 is 21.4 Å². The zero-order chi connectivity index (χ0) is 17.9. The first-order chi connectivity index (χ1) is 12.0. The first-order valence-corrected chi connectivity index (χ1v) is 10.5. The van der Waals surface area contributed by atoms with E-state index in [9.17, 15) is 8.42 Å². The van der Waals surface area contributed by atoms with Crippen molar-refractivity contribution in [2.45, 2.75) is 26.0 Å². The van der Waals surface area contributed by atoms with Gasteiger partial charge in [-0.25, -0.2) is 8.42 Å². The number of morpholine rings is 1. The van der Waals surface area contributed by atoms with E-state index in [1.165, 1.54) is 15.6 Å². The van der Waals surface area contributed by atoms with E-state index in [1.54, 1.807) is 0 Å². The predicted octanol–water partition coefficient (Wildman–Crippen LogP) is 1.93. The van der Waals surface area contributed by atoms with Crippen molar-refractivity contribution in [2.75, 3.05) is 32.1 Å². The van der Waals surface area contributed by atoms with Crippen LogP contribution in [0.3, 0.4) is 0 Å². The summed E-state index contributed by atoms with van der Waals surface area (Å²) in [4.78, 5) is 5.23. The molecule has 25 heavy (non-hydrogen) atoms. The molecule has 1 saturated heterocycles. The number of ether oxygens (including phenoxy) is 2. The van der Waals surface area contributed by atoms with Crippen LogP contribution in [0.25, 0.3) is 10.7 Å². The van der Waals surface area contributed by atoms with Crippen LogP contribution in [-0.2, 0) is 19.5 Å². The average Bonchev–Trinajstić information content (AvgIpc) is 3.25. The maximum Gasteiger partial charge on any atom is 0.247 e. The lowest BCUT2D eigenvalue weighted by molar-refractivity contribution is 0.0196. The van der Waals surface area contributed by atoms with E-state index in [2.05, 4.69) is 10.1 Å². The van der Waals surface area contributed by atoms with Gasteiger partial charge in [-0.15, -0.1) is 11.3 Å². The first kappa shape index (κ1) is 18.5. The maximum atomic E-state index is 12.7. The van der Waals surface area contributed by atoms with Crippen LogP contribution in [0.5, 0.6) is 0 Å². The van der Waals surface area contributed by atoms with Crippen molar-refractivity contribution in [1.29, 1.82) is 0 Å². The standard InChI is InChI=1S/C15H21N3O5S2/c1-11(2)22-7-9-25(19,20)18-5-6-21-10-12(18)15-16-14(17-23-15)13-4-3-8-24-13/h3-4,8,11-12H,5-7,9-10H2,1-2H3. The number of rotatable bonds is 7. The molecular weight excluding hydrogens is 366 g/mol. The van der Waals surface area contributed by atoms with Gasteiger partial charge in [0, 0.05) is 6.54 Å². The highest BCUT2D eigenvalue weighted by atomic mass is 32.2. The van der Waals surface area contributed by atoms with Gasteiger partial charge >= 0.3 is 0 Å². The quantitative estimate of drug-likeness (QED) is 0.716. The van der Waals surface area contributed by atoms with Gasteiger partial charge in [0.2, 0.25) is 21.7 Å². The molecule has 0 spiro atoms. The monoisotopic (exact) mass is 387 g/mol. The van der Waals surface area contributed by atoms with E-state index in [0.29, 0.717) is 12.4 Å². The van der Waals surface area contributed by atoms with Crippen LogP contribution < -0.4 is 0 Å². The van der Waals surface area contributed by atoms with E-state index in [-0.39, 0.29) is 37.5 Å². The molecule has 1 atom stereocenters. The SMILES string of the molecule is CC(C)OCCS(=O)(=O)N1CCOCC1c1nc(-c2cccs2)no1. The van der Waals surface area contributed by atoms with Gasteiger partial charge in [-0.1, -0.05) is 11.2 Å². The predicted molar refractivity (Wildman–Crippen MR) is 92.8 cm³/mol. The third kappa shape index (κ3) is 4.45. The lowest BCUT2D eigenvalue weighted by atomic mass is 10.3. The second kappa shape index (κ2) is 7.92. The second-order valence-corrected chi connectivity index (χ2v) is 8.86. The molecule has 3 heterocycles. The van der Waals surface area contributed by atoms with Crippen LogP contribution in [0.15, 0.2) is 22.0 Å². The fourth-order valence-electron chi connectivity index (χ4n) is 2.50. The first-order valence-electron chi connectivity index (χ1n) is 8.04. The van der Waals surface area contributed by atoms with Gasteiger partial charge in [-0.3, -0.25) is 0 Å². The Hall–Kier alpha value is -1.33. The third-order valence-electron chi connectivity index (χ3n) is 3.70. The average molecular weight is 387 g/mol. The molecule has 0 aliphatic carbocycles. The normalized spacial score (nSPS) is 19.6. The molecule has 8 nitrogen and oxygen atoms in total. The minimum Gasteiger partial charge on any atom is -0.378 e. The Labute approximate surface area is 150 Å². The molecule has 3 rings (SSSR count). The Balaban J connectivity index is 1.77. The molecule has 0 radical (unpaired) electrons. The number of nitrogens with zero attached hydrogens (tertiary/aromatic N) is 3. The Morgan fingerprint density at radius 3 is 3.04 bits per heavy atom. The molecule has 138 valence electrons. The highest BCUT2D eigenvalue weighted by Gasteiger charge is 2.37. The van der Waals surface area contributed by atoms with E-state index in [0.717, 1.165) is 4.88 Å². The van der Waals surface area contributed by atoms with Crippen LogP contribution in [-0.4, -0.2) is 61.1 Å². The van der Waals surface area contributed by atoms with E-state index in [4.69, 9.17) is 14.0 Å². The van der Waals surface area contributed by atoms with Crippen LogP contribution in [0.4, 0.5) is 0 Å². The molecule has 0 bridgehead atoms. The Morgan fingerprint density at radius 2 is 2.32 bits per heavy atom. The number of hydrogen-bond acceptors (Lipinski definition) is 8. The molecular formula is C15H21N3O5S2. The summed E-state index contributed by atoms with van der Waals surface area (Å²) in [5.41, 5.74) is 0. The van der Waals surface area contributed by atoms with E-state index in [1.807, 2.05) is 31.4 Å². The van der Waals surface area contributed by atoms with Crippen molar-refractivity contribution in [2.24, 2.45) is 0 Å². The number of hydrogen-bond donors (Lipinski definition) is 0. The molecule has 2 aromatic rings. The Morgan fingerprint density at radius 1 is 1.48 bits per heavy atom. The lowest BCUT2D eigenvalue weighted by Crippen LogP contribution is -2.45. The van der Waals surface area contributed by atoms with Crippen LogP contribution in [0, 0.1) is 0 Å². The molecule has 1 fully saturated rings. The molecule has 0 aromatic carbocycles. The summed E-state index contributed by atoms with van der Waals surface area (Å²) in [6.45, 7) is 4.67. The maximum absolute atomic E-state index is 12.7. The van der Waals surface area contributed by atoms with Crippen molar-refractivity contribution in [3.05, 3.63) is 23.4 Å². The lowest BCUT2D eigenvalue weighted by Gasteiger charge is -2.32. The molecule has 0 amide bonds. The smallest absolute Gasteiger partial charge is 0.247 e. The van der Waals surface area contributed by atoms with Gasteiger partial charge in [-0.2, -0.15) is 9.29 Å². The molecule has 2 aromatic heterocycles. The van der Waals surface area contributed by atoms with Crippen molar-refractivity contribution < 1.29 is 22.4 Å². The molecule has 1 unspecified atom stereocenters. The van der Waals surface area contributed by atoms with Crippen LogP contribution in [0.2, 0.25) is 0 Å². The molecule has 10 heteroatoms. The van der Waals surface area contributed by atoms with Gasteiger partial charge in [-0.05, 0) is 25.3 Å². The summed E-state index contributed by atoms with van der Waals surface area (Å²) in [6, 6.07) is 3.17. The molecule has 0 saturated carbocycles. The third-order valence-corrected chi connectivity index (χ3v) is 6.40. The summed E-state index contributed by atoms with van der Waals surface area (Å²) < 4.78 is 42.9. The Kier molecular flexibility index (Phi) is 5.85. The molecule has 1 aliphatic rings. The van der Waals surface area contributed by atoms with E-state index < -0.39 is 16.1 Å². The van der Waals surface area contributed by atoms with Gasteiger partial charge in [0.05, 0.1) is 36.6 Å². The second-order valence-electron chi connectivity index (χ2n) is 5.87. The number of thiophene rings is 1. The van der Waals surface area contributed by atoms with Gasteiger partial charge in [0.1, 0.15) is 6.04 Å². The summed E-state index contributed by atoms with van der Waals surface area (Å²) in [6.07, 6.45) is -0.0139. The minimum absolute atomic E-state index is 0.0139. The minimum atomic E-state index is -3.52. The van der Waals surface area contributed by atoms with Gasteiger partial charge < -0.3 is 14.0 Å². The zero-order valence-electron chi connectivity index (χ0n) is 14.1. The van der Waals surface area contributed by atoms with E-state index >= 15 is 0 Å². The fraction of sp³-hybridized carbons (Fsp3) is 0.600. The Bertz CT molecular complexity index is 773. The van der Waals surface area contributed by atoms with Crippen LogP contribution in [0.1, 0.15) is 25.8 Å². The van der Waals surface area contributed by atoms with Gasteiger partial charge in [0.25, 0.3) is 0 Å². The molecule has 0 N–H and O–H groups in total. The zero-order valence-corrected chi connectivity index (χ0v) is 15.8. The number of sulfonamides is 1. The summed E-state index contributed by atoms with van der Waals surface area (Å²) >= 11 is 1.49. The van der Waals surface area contributed by atoms with Crippen molar-refractivity contribution in [1.82, 2.24) is 14.4 Å².